The highest BCUT2D eigenvalue weighted by Crippen LogP contribution is 2.17. The lowest BCUT2D eigenvalue weighted by Gasteiger charge is -2.18. The molecule has 4 heteroatoms. The number of hydrogen-bond donors (Lipinski definition) is 1. The molecule has 1 N–H and O–H groups in total. The topological polar surface area (TPSA) is 63.6 Å². The number of carbonyl (C=O) groups excluding carboxylic acids is 1. The van der Waals surface area contributed by atoms with Gasteiger partial charge >= 0.3 is 11.9 Å². The fourth-order valence-corrected chi connectivity index (χ4v) is 5.11. The van der Waals surface area contributed by atoms with Crippen LogP contribution >= 0.6 is 0 Å². The van der Waals surface area contributed by atoms with Crippen molar-refractivity contribution >= 4 is 11.9 Å². The van der Waals surface area contributed by atoms with Crippen molar-refractivity contribution in [1.29, 1.82) is 0 Å². The van der Waals surface area contributed by atoms with Crippen LogP contribution in [0.3, 0.4) is 0 Å². The highest BCUT2D eigenvalue weighted by atomic mass is 16.5. The summed E-state index contributed by atoms with van der Waals surface area (Å²) in [5, 5.41) is 9.00. The number of carboxylic acids is 1. The summed E-state index contributed by atoms with van der Waals surface area (Å²) in [6.45, 7) is 4.42. The molecule has 44 heavy (non-hydrogen) atoms. The quantitative estimate of drug-likeness (QED) is 0.0466. The Balaban J connectivity index is 3.98. The lowest BCUT2D eigenvalue weighted by Crippen LogP contribution is -2.18. The van der Waals surface area contributed by atoms with E-state index in [9.17, 15) is 9.59 Å². The summed E-state index contributed by atoms with van der Waals surface area (Å²) in [5.41, 5.74) is 0. The van der Waals surface area contributed by atoms with E-state index in [-0.39, 0.29) is 18.5 Å². The van der Waals surface area contributed by atoms with Gasteiger partial charge < -0.3 is 9.84 Å². The lowest BCUT2D eigenvalue weighted by atomic mass is 10.0. The number of esters is 1. The van der Waals surface area contributed by atoms with Gasteiger partial charge in [0, 0.05) is 12.8 Å². The van der Waals surface area contributed by atoms with Crippen molar-refractivity contribution in [3.05, 3.63) is 60.8 Å². The van der Waals surface area contributed by atoms with Crippen LogP contribution in [-0.4, -0.2) is 23.1 Å². The summed E-state index contributed by atoms with van der Waals surface area (Å²) in [6, 6.07) is 0. The molecular formula is C40H68O4. The van der Waals surface area contributed by atoms with E-state index in [0.29, 0.717) is 19.3 Å². The van der Waals surface area contributed by atoms with Crippen LogP contribution in [0.4, 0.5) is 0 Å². The van der Waals surface area contributed by atoms with Gasteiger partial charge in [-0.25, -0.2) is 0 Å². The third kappa shape index (κ3) is 34.1. The van der Waals surface area contributed by atoms with E-state index in [1.165, 1.54) is 70.6 Å². The molecule has 252 valence electrons. The number of hydrogen-bond acceptors (Lipinski definition) is 3. The Morgan fingerprint density at radius 2 is 0.955 bits per heavy atom. The van der Waals surface area contributed by atoms with Gasteiger partial charge in [0.05, 0.1) is 0 Å². The predicted molar refractivity (Wildman–Crippen MR) is 190 cm³/mol. The Morgan fingerprint density at radius 3 is 1.43 bits per heavy atom. The smallest absolute Gasteiger partial charge is 0.306 e. The van der Waals surface area contributed by atoms with Crippen LogP contribution in [-0.2, 0) is 14.3 Å². The number of rotatable bonds is 32. The van der Waals surface area contributed by atoms with E-state index in [2.05, 4.69) is 74.6 Å². The molecule has 0 amide bonds. The molecule has 0 aliphatic heterocycles. The van der Waals surface area contributed by atoms with Crippen molar-refractivity contribution in [2.24, 2.45) is 0 Å². The van der Waals surface area contributed by atoms with Gasteiger partial charge in [0.2, 0.25) is 0 Å². The summed E-state index contributed by atoms with van der Waals surface area (Å²) in [7, 11) is 0. The fraction of sp³-hybridized carbons (Fsp3) is 0.700. The predicted octanol–water partition coefficient (Wildman–Crippen LogP) is 12.6. The molecular weight excluding hydrogens is 544 g/mol. The second-order valence-corrected chi connectivity index (χ2v) is 12.0. The SMILES string of the molecule is CC/C=C\C/C=C\C/C=C\C/C=C\C/C=C\CCCC(=O)OC(CCCCCCCCCCCCCCC)CCCC(=O)O. The van der Waals surface area contributed by atoms with Crippen molar-refractivity contribution in [3.63, 3.8) is 0 Å². The second kappa shape index (κ2) is 35.1. The van der Waals surface area contributed by atoms with Gasteiger partial charge in [0.25, 0.3) is 0 Å². The van der Waals surface area contributed by atoms with Gasteiger partial charge in [-0.2, -0.15) is 0 Å². The van der Waals surface area contributed by atoms with Gasteiger partial charge in [-0.05, 0) is 70.6 Å². The monoisotopic (exact) mass is 613 g/mol. The number of allylic oxidation sites excluding steroid dienone is 10. The van der Waals surface area contributed by atoms with Gasteiger partial charge in [0.1, 0.15) is 6.10 Å². The van der Waals surface area contributed by atoms with Crippen LogP contribution in [0.15, 0.2) is 60.8 Å². The Kier molecular flexibility index (Phi) is 33.2. The Labute approximate surface area is 272 Å². The fourth-order valence-electron chi connectivity index (χ4n) is 5.11. The number of unbranched alkanes of at least 4 members (excludes halogenated alkanes) is 13. The molecule has 0 spiro atoms. The van der Waals surface area contributed by atoms with E-state index in [4.69, 9.17) is 9.84 Å². The van der Waals surface area contributed by atoms with Crippen molar-refractivity contribution in [1.82, 2.24) is 0 Å². The molecule has 0 fully saturated rings. The molecule has 0 aliphatic rings. The Hall–Kier alpha value is -2.36. The largest absolute Gasteiger partial charge is 0.481 e. The zero-order valence-corrected chi connectivity index (χ0v) is 28.7. The highest BCUT2D eigenvalue weighted by Gasteiger charge is 2.14. The minimum Gasteiger partial charge on any atom is -0.481 e. The summed E-state index contributed by atoms with van der Waals surface area (Å²) < 4.78 is 5.79. The maximum Gasteiger partial charge on any atom is 0.306 e. The molecule has 0 heterocycles. The maximum atomic E-state index is 12.5. The third-order valence-electron chi connectivity index (χ3n) is 7.75. The van der Waals surface area contributed by atoms with Crippen LogP contribution < -0.4 is 0 Å². The molecule has 1 unspecified atom stereocenters. The molecule has 4 nitrogen and oxygen atoms in total. The first kappa shape index (κ1) is 41.6. The number of ether oxygens (including phenoxy) is 1. The number of carboxylic acid groups (broad SMARTS) is 1. The molecule has 0 rings (SSSR count). The third-order valence-corrected chi connectivity index (χ3v) is 7.75. The number of carbonyl (C=O) groups is 2. The van der Waals surface area contributed by atoms with Crippen molar-refractivity contribution in [2.75, 3.05) is 0 Å². The molecule has 0 saturated carbocycles. The average Bonchev–Trinajstić information content (AvgIpc) is 3.00. The van der Waals surface area contributed by atoms with Gasteiger partial charge in [-0.1, -0.05) is 152 Å². The van der Waals surface area contributed by atoms with Crippen LogP contribution in [0, 0.1) is 0 Å². The van der Waals surface area contributed by atoms with E-state index >= 15 is 0 Å². The van der Waals surface area contributed by atoms with Crippen molar-refractivity contribution in [3.8, 4) is 0 Å². The second-order valence-electron chi connectivity index (χ2n) is 12.0. The minimum atomic E-state index is -0.784. The Morgan fingerprint density at radius 1 is 0.523 bits per heavy atom. The molecule has 0 aliphatic carbocycles. The van der Waals surface area contributed by atoms with Crippen LogP contribution in [0.5, 0.6) is 0 Å². The van der Waals surface area contributed by atoms with E-state index in [0.717, 1.165) is 64.2 Å². The molecule has 1 atom stereocenters. The van der Waals surface area contributed by atoms with Gasteiger partial charge in [-0.3, -0.25) is 9.59 Å². The summed E-state index contributed by atoms with van der Waals surface area (Å²) in [4.78, 5) is 23.4. The van der Waals surface area contributed by atoms with E-state index in [1.54, 1.807) is 0 Å². The summed E-state index contributed by atoms with van der Waals surface area (Å²) >= 11 is 0. The van der Waals surface area contributed by atoms with Crippen molar-refractivity contribution < 1.29 is 19.4 Å². The maximum absolute atomic E-state index is 12.5. The van der Waals surface area contributed by atoms with Gasteiger partial charge in [-0.15, -0.1) is 0 Å². The van der Waals surface area contributed by atoms with E-state index in [1.807, 2.05) is 0 Å². The molecule has 0 radical (unpaired) electrons. The first-order valence-corrected chi connectivity index (χ1v) is 18.3. The normalized spacial score (nSPS) is 13.0. The molecule has 0 aromatic heterocycles. The first-order chi connectivity index (χ1) is 21.6. The van der Waals surface area contributed by atoms with Crippen LogP contribution in [0.1, 0.15) is 174 Å². The number of aliphatic carboxylic acids is 1. The zero-order valence-electron chi connectivity index (χ0n) is 28.7. The molecule has 0 aromatic carbocycles. The molecule has 0 aromatic rings. The Bertz CT molecular complexity index is 789. The van der Waals surface area contributed by atoms with Gasteiger partial charge in [0.15, 0.2) is 0 Å². The van der Waals surface area contributed by atoms with Crippen LogP contribution in [0.2, 0.25) is 0 Å². The minimum absolute atomic E-state index is 0.136. The average molecular weight is 613 g/mol. The first-order valence-electron chi connectivity index (χ1n) is 18.3. The zero-order chi connectivity index (χ0) is 32.2. The van der Waals surface area contributed by atoms with Crippen LogP contribution in [0.25, 0.3) is 0 Å². The lowest BCUT2D eigenvalue weighted by molar-refractivity contribution is -0.150. The molecule has 0 saturated heterocycles. The van der Waals surface area contributed by atoms with E-state index < -0.39 is 5.97 Å². The summed E-state index contributed by atoms with van der Waals surface area (Å²) in [6.07, 6.45) is 48.0. The molecule has 0 bridgehead atoms. The van der Waals surface area contributed by atoms with Crippen molar-refractivity contribution in [2.45, 2.75) is 180 Å². The summed E-state index contributed by atoms with van der Waals surface area (Å²) in [5.74, 6) is -0.930. The standard InChI is InChI=1S/C40H68O4/c1-3-5-7-9-11-13-15-17-18-19-20-22-24-26-28-30-32-37-40(43)44-38(35-33-36-39(41)42)34-31-29-27-25-23-21-16-14-12-10-8-6-4-2/h5,7,11,13,17-18,20,22,26,28,38H,3-4,6,8-10,12,14-16,19,21,23-25,27,29-37H2,1-2H3,(H,41,42)/b7-5-,13-11-,18-17-,22-20-,28-26-. The highest BCUT2D eigenvalue weighted by molar-refractivity contribution is 5.69.